The highest BCUT2D eigenvalue weighted by Crippen LogP contribution is 2.41. The molecular weight excluding hydrogens is 298 g/mol. The lowest BCUT2D eigenvalue weighted by Crippen LogP contribution is -2.25. The van der Waals surface area contributed by atoms with Crippen LogP contribution < -0.4 is 0 Å². The zero-order valence-electron chi connectivity index (χ0n) is 15.2. The maximum atomic E-state index is 12.2. The standard InChI is InChI=1S/C21H25NO2/c1-20(2,3)14-11-13-12-9-7-8-10-15(12)22-18(13)16(19(23)24)17(14)21(4,5)6/h7-11,22H,1-6H3,(H,23,24). The first-order chi connectivity index (χ1) is 11.0. The number of carboxylic acids is 1. The quantitative estimate of drug-likeness (QED) is 0.611. The van der Waals surface area contributed by atoms with Crippen LogP contribution in [-0.4, -0.2) is 16.1 Å². The average molecular weight is 323 g/mol. The summed E-state index contributed by atoms with van der Waals surface area (Å²) in [4.78, 5) is 15.6. The lowest BCUT2D eigenvalue weighted by Gasteiger charge is -2.32. The molecule has 3 nitrogen and oxygen atoms in total. The first-order valence-electron chi connectivity index (χ1n) is 8.33. The number of carboxylic acid groups (broad SMARTS) is 1. The summed E-state index contributed by atoms with van der Waals surface area (Å²) in [6.45, 7) is 12.7. The van der Waals surface area contributed by atoms with E-state index in [1.165, 1.54) is 0 Å². The van der Waals surface area contributed by atoms with Crippen molar-refractivity contribution in [3.63, 3.8) is 0 Å². The first-order valence-corrected chi connectivity index (χ1v) is 8.33. The maximum absolute atomic E-state index is 12.2. The van der Waals surface area contributed by atoms with Gasteiger partial charge in [-0.3, -0.25) is 0 Å². The van der Waals surface area contributed by atoms with Crippen LogP contribution in [-0.2, 0) is 10.8 Å². The lowest BCUT2D eigenvalue weighted by molar-refractivity contribution is 0.0696. The van der Waals surface area contributed by atoms with Crippen molar-refractivity contribution in [2.75, 3.05) is 0 Å². The molecule has 2 aromatic carbocycles. The number of carbonyl (C=O) groups is 1. The Morgan fingerprint density at radius 2 is 1.58 bits per heavy atom. The fourth-order valence-electron chi connectivity index (χ4n) is 3.57. The van der Waals surface area contributed by atoms with Gasteiger partial charge in [-0.05, 0) is 34.1 Å². The number of hydrogen-bond donors (Lipinski definition) is 2. The molecule has 0 bridgehead atoms. The van der Waals surface area contributed by atoms with Crippen LogP contribution in [0, 0.1) is 0 Å². The Labute approximate surface area is 142 Å². The molecule has 3 aromatic rings. The van der Waals surface area contributed by atoms with E-state index in [1.54, 1.807) is 0 Å². The molecule has 0 fully saturated rings. The third kappa shape index (κ3) is 2.48. The molecule has 0 saturated heterocycles. The Kier molecular flexibility index (Phi) is 3.52. The SMILES string of the molecule is CC(C)(C)c1cc2c([nH]c3ccccc32)c(C(=O)O)c1C(C)(C)C. The second kappa shape index (κ2) is 5.10. The zero-order chi connectivity index (χ0) is 17.9. The highest BCUT2D eigenvalue weighted by molar-refractivity contribution is 6.15. The van der Waals surface area contributed by atoms with E-state index >= 15 is 0 Å². The Balaban J connectivity index is 2.62. The number of aromatic nitrogens is 1. The summed E-state index contributed by atoms with van der Waals surface area (Å²) in [5, 5.41) is 12.1. The molecule has 1 heterocycles. The van der Waals surface area contributed by atoms with Gasteiger partial charge in [0.05, 0.1) is 11.1 Å². The minimum Gasteiger partial charge on any atom is -0.478 e. The number of aromatic amines is 1. The van der Waals surface area contributed by atoms with Crippen molar-refractivity contribution in [1.29, 1.82) is 0 Å². The van der Waals surface area contributed by atoms with E-state index in [0.717, 1.165) is 32.9 Å². The first kappa shape index (κ1) is 16.6. The van der Waals surface area contributed by atoms with Gasteiger partial charge in [-0.25, -0.2) is 4.79 Å². The summed E-state index contributed by atoms with van der Waals surface area (Å²) in [5.41, 5.74) is 3.72. The van der Waals surface area contributed by atoms with E-state index in [9.17, 15) is 9.90 Å². The van der Waals surface area contributed by atoms with Crippen molar-refractivity contribution in [2.24, 2.45) is 0 Å². The smallest absolute Gasteiger partial charge is 0.338 e. The monoisotopic (exact) mass is 323 g/mol. The van der Waals surface area contributed by atoms with Crippen molar-refractivity contribution < 1.29 is 9.90 Å². The Morgan fingerprint density at radius 1 is 0.958 bits per heavy atom. The number of H-pyrrole nitrogens is 1. The minimum atomic E-state index is -0.873. The molecule has 0 spiro atoms. The molecule has 126 valence electrons. The van der Waals surface area contributed by atoms with E-state index < -0.39 is 5.97 Å². The van der Waals surface area contributed by atoms with Crippen LogP contribution in [0.5, 0.6) is 0 Å². The predicted octanol–water partition coefficient (Wildman–Crippen LogP) is 5.61. The topological polar surface area (TPSA) is 53.1 Å². The lowest BCUT2D eigenvalue weighted by atomic mass is 9.72. The second-order valence-corrected chi connectivity index (χ2v) is 8.57. The van der Waals surface area contributed by atoms with Gasteiger partial charge in [0.1, 0.15) is 0 Å². The number of aromatic carboxylic acids is 1. The molecule has 3 rings (SSSR count). The molecular formula is C21H25NO2. The van der Waals surface area contributed by atoms with Gasteiger partial charge in [-0.15, -0.1) is 0 Å². The van der Waals surface area contributed by atoms with E-state index in [2.05, 4.69) is 52.6 Å². The normalized spacial score (nSPS) is 12.9. The molecule has 1 aromatic heterocycles. The van der Waals surface area contributed by atoms with Crippen LogP contribution in [0.25, 0.3) is 21.8 Å². The Bertz CT molecular complexity index is 950. The fraction of sp³-hybridized carbons (Fsp3) is 0.381. The van der Waals surface area contributed by atoms with Crippen molar-refractivity contribution in [3.8, 4) is 0 Å². The molecule has 0 radical (unpaired) electrons. The van der Waals surface area contributed by atoms with E-state index in [0.29, 0.717) is 5.56 Å². The van der Waals surface area contributed by atoms with Gasteiger partial charge >= 0.3 is 5.97 Å². The highest BCUT2D eigenvalue weighted by Gasteiger charge is 2.32. The van der Waals surface area contributed by atoms with Crippen molar-refractivity contribution in [1.82, 2.24) is 4.98 Å². The van der Waals surface area contributed by atoms with E-state index in [1.807, 2.05) is 24.3 Å². The number of hydrogen-bond acceptors (Lipinski definition) is 1. The molecule has 0 aliphatic carbocycles. The molecule has 0 aliphatic rings. The highest BCUT2D eigenvalue weighted by atomic mass is 16.4. The van der Waals surface area contributed by atoms with Crippen LogP contribution in [0.2, 0.25) is 0 Å². The Morgan fingerprint density at radius 3 is 2.12 bits per heavy atom. The third-order valence-electron chi connectivity index (χ3n) is 4.58. The molecule has 0 atom stereocenters. The minimum absolute atomic E-state index is 0.140. The average Bonchev–Trinajstić information content (AvgIpc) is 2.81. The van der Waals surface area contributed by atoms with E-state index in [-0.39, 0.29) is 10.8 Å². The van der Waals surface area contributed by atoms with Crippen LogP contribution in [0.3, 0.4) is 0 Å². The largest absolute Gasteiger partial charge is 0.478 e. The van der Waals surface area contributed by atoms with Gasteiger partial charge in [0.25, 0.3) is 0 Å². The fourth-order valence-corrected chi connectivity index (χ4v) is 3.57. The number of rotatable bonds is 1. The summed E-state index contributed by atoms with van der Waals surface area (Å²) >= 11 is 0. The van der Waals surface area contributed by atoms with Gasteiger partial charge in [0.15, 0.2) is 0 Å². The van der Waals surface area contributed by atoms with Crippen molar-refractivity contribution in [2.45, 2.75) is 52.4 Å². The van der Waals surface area contributed by atoms with Gasteiger partial charge in [0, 0.05) is 16.3 Å². The van der Waals surface area contributed by atoms with Crippen LogP contribution in [0.15, 0.2) is 30.3 Å². The number of benzene rings is 2. The maximum Gasteiger partial charge on any atom is 0.338 e. The summed E-state index contributed by atoms with van der Waals surface area (Å²) < 4.78 is 0. The molecule has 0 aliphatic heterocycles. The van der Waals surface area contributed by atoms with Gasteiger partial charge in [-0.1, -0.05) is 59.7 Å². The molecule has 24 heavy (non-hydrogen) atoms. The summed E-state index contributed by atoms with van der Waals surface area (Å²) in [6.07, 6.45) is 0. The number of para-hydroxylation sites is 1. The summed E-state index contributed by atoms with van der Waals surface area (Å²) in [6, 6.07) is 10.2. The second-order valence-electron chi connectivity index (χ2n) is 8.57. The molecule has 0 amide bonds. The molecule has 3 heteroatoms. The van der Waals surface area contributed by atoms with Crippen LogP contribution in [0.1, 0.15) is 63.0 Å². The summed E-state index contributed by atoms with van der Waals surface area (Å²) in [7, 11) is 0. The van der Waals surface area contributed by atoms with Crippen molar-refractivity contribution in [3.05, 3.63) is 47.0 Å². The van der Waals surface area contributed by atoms with Crippen LogP contribution >= 0.6 is 0 Å². The molecule has 0 saturated carbocycles. The van der Waals surface area contributed by atoms with Gasteiger partial charge < -0.3 is 10.1 Å². The van der Waals surface area contributed by atoms with Crippen molar-refractivity contribution >= 4 is 27.8 Å². The predicted molar refractivity (Wildman–Crippen MR) is 100 cm³/mol. The van der Waals surface area contributed by atoms with Gasteiger partial charge in [0.2, 0.25) is 0 Å². The van der Waals surface area contributed by atoms with E-state index in [4.69, 9.17) is 0 Å². The third-order valence-corrected chi connectivity index (χ3v) is 4.58. The van der Waals surface area contributed by atoms with Crippen LogP contribution in [0.4, 0.5) is 0 Å². The zero-order valence-corrected chi connectivity index (χ0v) is 15.2. The molecule has 2 N–H and O–H groups in total. The number of nitrogens with one attached hydrogen (secondary N) is 1. The number of fused-ring (bicyclic) bond motifs is 3. The van der Waals surface area contributed by atoms with Gasteiger partial charge in [-0.2, -0.15) is 0 Å². The summed E-state index contributed by atoms with van der Waals surface area (Å²) in [5.74, 6) is -0.873. The Hall–Kier alpha value is -2.29. The molecule has 0 unspecified atom stereocenters.